The van der Waals surface area contributed by atoms with Crippen molar-refractivity contribution >= 4 is 17.2 Å². The van der Waals surface area contributed by atoms with E-state index in [1.807, 2.05) is 0 Å². The number of ether oxygens (including phenoxy) is 2. The Bertz CT molecular complexity index is 2160. The summed E-state index contributed by atoms with van der Waals surface area (Å²) in [6.07, 6.45) is -20.5. The number of benzene rings is 4. The van der Waals surface area contributed by atoms with Gasteiger partial charge in [0.15, 0.2) is 23.1 Å². The minimum absolute atomic E-state index is 0.0316. The molecule has 1 aromatic heterocycles. The van der Waals surface area contributed by atoms with Crippen LogP contribution in [0.5, 0.6) is 23.0 Å². The molecule has 0 unspecified atom stereocenters. The lowest BCUT2D eigenvalue weighted by atomic mass is 10.1. The van der Waals surface area contributed by atoms with Crippen LogP contribution in [0.15, 0.2) is 66.2 Å². The van der Waals surface area contributed by atoms with Crippen LogP contribution in [-0.2, 0) is 37.8 Å². The van der Waals surface area contributed by atoms with Crippen LogP contribution < -0.4 is 20.5 Å². The van der Waals surface area contributed by atoms with Gasteiger partial charge in [0.05, 0.1) is 22.3 Å². The van der Waals surface area contributed by atoms with E-state index in [1.54, 1.807) is 0 Å². The molecule has 0 saturated carbocycles. The second-order valence-electron chi connectivity index (χ2n) is 11.1. The number of aromatic nitrogens is 2. The Balaban J connectivity index is 0.000000261. The molecule has 0 spiro atoms. The molecule has 24 heteroatoms. The van der Waals surface area contributed by atoms with Crippen molar-refractivity contribution in [2.45, 2.75) is 37.8 Å². The highest BCUT2D eigenvalue weighted by Crippen LogP contribution is 2.41. The predicted molar refractivity (Wildman–Crippen MR) is 165 cm³/mol. The highest BCUT2D eigenvalue weighted by Gasteiger charge is 2.39. The standard InChI is InChI=1S/C18H9F8N3O2S.C15H9F8NO/c19-12-5-14(13(20)1-8(12)6-27-15(30)16-29-28-7-32-16)31-11-3-9(17(21,22)23)2-10(4-11)18(24,25)26;16-11-5-13(12(17)1-7(11)6-24)25-10-3-8(14(18,19)20)2-9(4-10)15(21,22)23/h1-5,7H,6H2,(H,27,30);1-5H,6,24H2. The number of amides is 1. The van der Waals surface area contributed by atoms with Gasteiger partial charge in [-0.3, -0.25) is 4.79 Å². The van der Waals surface area contributed by atoms with E-state index in [9.17, 15) is 75.0 Å². The zero-order chi connectivity index (χ0) is 42.7. The summed E-state index contributed by atoms with van der Waals surface area (Å²) in [5.74, 6) is -9.08. The van der Waals surface area contributed by atoms with Crippen molar-refractivity contribution in [2.24, 2.45) is 5.73 Å². The molecular weight excluding hydrogens is 836 g/mol. The smallest absolute Gasteiger partial charge is 0.416 e. The Morgan fingerprint density at radius 3 is 1.32 bits per heavy atom. The van der Waals surface area contributed by atoms with Gasteiger partial charge in [0.2, 0.25) is 5.01 Å². The Labute approximate surface area is 311 Å². The number of carbonyl (C=O) groups excluding carboxylic acids is 1. The van der Waals surface area contributed by atoms with Crippen molar-refractivity contribution in [1.82, 2.24) is 15.5 Å². The van der Waals surface area contributed by atoms with Crippen molar-refractivity contribution in [2.75, 3.05) is 0 Å². The number of nitrogens with two attached hydrogens (primary N) is 1. The number of carbonyl (C=O) groups is 1. The topological polar surface area (TPSA) is 99.4 Å². The molecule has 0 aliphatic heterocycles. The van der Waals surface area contributed by atoms with E-state index >= 15 is 0 Å². The molecule has 4 aromatic carbocycles. The molecule has 5 aromatic rings. The molecule has 7 nitrogen and oxygen atoms in total. The second-order valence-corrected chi connectivity index (χ2v) is 11.9. The minimum Gasteiger partial charge on any atom is -0.454 e. The van der Waals surface area contributed by atoms with Crippen molar-refractivity contribution in [3.8, 4) is 23.0 Å². The van der Waals surface area contributed by atoms with E-state index in [4.69, 9.17) is 15.2 Å². The lowest BCUT2D eigenvalue weighted by Gasteiger charge is -2.15. The number of rotatable bonds is 8. The van der Waals surface area contributed by atoms with Gasteiger partial charge < -0.3 is 20.5 Å². The minimum atomic E-state index is -5.14. The van der Waals surface area contributed by atoms with E-state index in [0.717, 1.165) is 11.3 Å². The average molecular weight is 855 g/mol. The van der Waals surface area contributed by atoms with Crippen molar-refractivity contribution in [1.29, 1.82) is 0 Å². The first-order chi connectivity index (χ1) is 26.3. The number of nitrogens with zero attached hydrogens (tertiary/aromatic N) is 2. The maximum Gasteiger partial charge on any atom is 0.416 e. The van der Waals surface area contributed by atoms with E-state index in [0.29, 0.717) is 24.3 Å². The second kappa shape index (κ2) is 16.8. The molecule has 0 fully saturated rings. The van der Waals surface area contributed by atoms with Crippen LogP contribution in [0.4, 0.5) is 70.2 Å². The Morgan fingerprint density at radius 1 is 0.579 bits per heavy atom. The predicted octanol–water partition coefficient (Wildman–Crippen LogP) is 10.8. The summed E-state index contributed by atoms with van der Waals surface area (Å²) in [6.45, 7) is -0.839. The summed E-state index contributed by atoms with van der Waals surface area (Å²) in [4.78, 5) is 11.8. The van der Waals surface area contributed by atoms with Crippen LogP contribution in [0.1, 0.15) is 43.2 Å². The Kier molecular flexibility index (Phi) is 13.0. The molecule has 1 amide bonds. The van der Waals surface area contributed by atoms with Crippen LogP contribution in [0.25, 0.3) is 0 Å². The molecule has 5 rings (SSSR count). The largest absolute Gasteiger partial charge is 0.454 e. The van der Waals surface area contributed by atoms with Gasteiger partial charge in [0.25, 0.3) is 5.91 Å². The van der Waals surface area contributed by atoms with Gasteiger partial charge in [-0.05, 0) is 48.5 Å². The number of halogens is 16. The molecule has 3 N–H and O–H groups in total. The van der Waals surface area contributed by atoms with Gasteiger partial charge in [-0.2, -0.15) is 52.7 Å². The summed E-state index contributed by atoms with van der Waals surface area (Å²) in [6, 6.07) is 2.87. The van der Waals surface area contributed by atoms with E-state index in [2.05, 4.69) is 15.5 Å². The van der Waals surface area contributed by atoms with E-state index < -0.39 is 106 Å². The van der Waals surface area contributed by atoms with Crippen molar-refractivity contribution in [3.05, 3.63) is 128 Å². The maximum absolute atomic E-state index is 14.3. The first-order valence-electron chi connectivity index (χ1n) is 14.9. The van der Waals surface area contributed by atoms with Crippen LogP contribution in [-0.4, -0.2) is 16.1 Å². The summed E-state index contributed by atoms with van der Waals surface area (Å²) in [7, 11) is 0. The third-order valence-electron chi connectivity index (χ3n) is 6.99. The molecule has 1 heterocycles. The van der Waals surface area contributed by atoms with Gasteiger partial charge in [-0.1, -0.05) is 11.3 Å². The highest BCUT2D eigenvalue weighted by molar-refractivity contribution is 7.11. The molecule has 0 bridgehead atoms. The molecule has 0 aliphatic carbocycles. The number of alkyl halides is 12. The van der Waals surface area contributed by atoms with Crippen molar-refractivity contribution in [3.63, 3.8) is 0 Å². The first-order valence-corrected chi connectivity index (χ1v) is 15.8. The van der Waals surface area contributed by atoms with Crippen LogP contribution >= 0.6 is 11.3 Å². The third kappa shape index (κ3) is 11.7. The third-order valence-corrected chi connectivity index (χ3v) is 7.68. The van der Waals surface area contributed by atoms with Gasteiger partial charge in [-0.25, -0.2) is 17.6 Å². The number of hydrogen-bond acceptors (Lipinski definition) is 7. The first kappa shape index (κ1) is 44.1. The van der Waals surface area contributed by atoms with Gasteiger partial charge in [0, 0.05) is 36.3 Å². The van der Waals surface area contributed by atoms with E-state index in [-0.39, 0.29) is 59.1 Å². The molecule has 0 atom stereocenters. The Morgan fingerprint density at radius 2 is 0.965 bits per heavy atom. The van der Waals surface area contributed by atoms with Gasteiger partial charge >= 0.3 is 24.7 Å². The zero-order valence-electron chi connectivity index (χ0n) is 27.4. The van der Waals surface area contributed by atoms with E-state index in [1.165, 1.54) is 5.51 Å². The van der Waals surface area contributed by atoms with Crippen molar-refractivity contribution < 1.29 is 84.5 Å². The molecule has 0 saturated heterocycles. The summed E-state index contributed by atoms with van der Waals surface area (Å²) in [5.41, 5.74) is -0.795. The van der Waals surface area contributed by atoms with Crippen LogP contribution in [0, 0.1) is 23.3 Å². The number of hydrogen-bond donors (Lipinski definition) is 2. The maximum atomic E-state index is 14.3. The Hall–Kier alpha value is -5.65. The quantitative estimate of drug-likeness (QED) is 0.151. The summed E-state index contributed by atoms with van der Waals surface area (Å²) >= 11 is 0.901. The SMILES string of the molecule is NCc1cc(F)c(Oc2cc(C(F)(F)F)cc(C(F)(F)F)c2)cc1F.O=C(NCc1cc(F)c(Oc2cc(C(F)(F)F)cc(C(F)(F)F)c2)cc1F)c1nncs1. The summed E-state index contributed by atoms with van der Waals surface area (Å²) in [5, 5.41) is 9.15. The van der Waals surface area contributed by atoms with Gasteiger partial charge in [0.1, 0.15) is 28.6 Å². The molecule has 0 aliphatic rings. The fourth-order valence-corrected chi connectivity index (χ4v) is 4.80. The average Bonchev–Trinajstić information content (AvgIpc) is 3.64. The monoisotopic (exact) mass is 854 g/mol. The molecule has 57 heavy (non-hydrogen) atoms. The lowest BCUT2D eigenvalue weighted by Crippen LogP contribution is -2.23. The normalized spacial score (nSPS) is 12.2. The fourth-order valence-electron chi connectivity index (χ4n) is 4.34. The molecule has 0 radical (unpaired) electrons. The molecule has 306 valence electrons. The zero-order valence-corrected chi connectivity index (χ0v) is 28.2. The highest BCUT2D eigenvalue weighted by atomic mass is 32.1. The van der Waals surface area contributed by atoms with Crippen LogP contribution in [0.3, 0.4) is 0 Å². The molecular formula is C33H18F16N4O3S. The van der Waals surface area contributed by atoms with Crippen LogP contribution in [0.2, 0.25) is 0 Å². The lowest BCUT2D eigenvalue weighted by molar-refractivity contribution is -0.144. The van der Waals surface area contributed by atoms with Gasteiger partial charge in [-0.15, -0.1) is 10.2 Å². The fraction of sp³-hybridized carbons (Fsp3) is 0.182. The number of nitrogens with one attached hydrogen (secondary N) is 1. The summed E-state index contributed by atoms with van der Waals surface area (Å²) < 4.78 is 219.